The van der Waals surface area contributed by atoms with Crippen LogP contribution in [0.3, 0.4) is 0 Å². The zero-order valence-electron chi connectivity index (χ0n) is 18.7. The van der Waals surface area contributed by atoms with Crippen molar-refractivity contribution in [2.75, 3.05) is 27.4 Å². The molecule has 0 spiro atoms. The number of aromatic amines is 1. The van der Waals surface area contributed by atoms with Gasteiger partial charge in [0.1, 0.15) is 0 Å². The van der Waals surface area contributed by atoms with E-state index in [1.807, 2.05) is 25.1 Å². The molecule has 3 rings (SSSR count). The zero-order chi connectivity index (χ0) is 23.1. The van der Waals surface area contributed by atoms with Gasteiger partial charge in [0.15, 0.2) is 28.8 Å². The maximum Gasteiger partial charge on any atom is 0.259 e. The van der Waals surface area contributed by atoms with E-state index in [9.17, 15) is 4.79 Å². The molecule has 0 bridgehead atoms. The Labute approximate surface area is 191 Å². The minimum absolute atomic E-state index is 0.248. The van der Waals surface area contributed by atoms with E-state index in [0.717, 1.165) is 18.4 Å². The molecule has 32 heavy (non-hydrogen) atoms. The third-order valence-electron chi connectivity index (χ3n) is 4.75. The second-order valence-corrected chi connectivity index (χ2v) is 7.38. The smallest absolute Gasteiger partial charge is 0.259 e. The SMILES string of the molecule is CCCCOc1ccc(/C=C(\Cl)c2nc3cc(OC)c(OC)cc3c(=O)[nH]2)cc1OCC. The first-order chi connectivity index (χ1) is 15.5. The molecule has 2 aromatic carbocycles. The molecule has 1 aromatic heterocycles. The van der Waals surface area contributed by atoms with Crippen LogP contribution in [0.1, 0.15) is 38.1 Å². The second kappa shape index (κ2) is 10.9. The zero-order valence-corrected chi connectivity index (χ0v) is 19.4. The summed E-state index contributed by atoms with van der Waals surface area (Å²) in [6, 6.07) is 8.81. The van der Waals surface area contributed by atoms with E-state index >= 15 is 0 Å². The van der Waals surface area contributed by atoms with Gasteiger partial charge in [0, 0.05) is 6.07 Å². The molecule has 1 N–H and O–H groups in total. The van der Waals surface area contributed by atoms with Crippen LogP contribution in [0.15, 0.2) is 35.1 Å². The van der Waals surface area contributed by atoms with Gasteiger partial charge in [-0.3, -0.25) is 4.79 Å². The van der Waals surface area contributed by atoms with Gasteiger partial charge in [-0.2, -0.15) is 0 Å². The van der Waals surface area contributed by atoms with Crippen molar-refractivity contribution in [1.82, 2.24) is 9.97 Å². The van der Waals surface area contributed by atoms with Crippen LogP contribution < -0.4 is 24.5 Å². The van der Waals surface area contributed by atoms with Crippen molar-refractivity contribution in [3.63, 3.8) is 0 Å². The number of unbranched alkanes of at least 4 members (excludes halogenated alkanes) is 1. The minimum atomic E-state index is -0.327. The summed E-state index contributed by atoms with van der Waals surface area (Å²) < 4.78 is 22.1. The van der Waals surface area contributed by atoms with Gasteiger partial charge in [0.05, 0.1) is 43.4 Å². The molecule has 1 heterocycles. The summed E-state index contributed by atoms with van der Waals surface area (Å²) in [5.41, 5.74) is 0.908. The van der Waals surface area contributed by atoms with Crippen molar-refractivity contribution in [3.05, 3.63) is 52.1 Å². The molecule has 0 saturated carbocycles. The van der Waals surface area contributed by atoms with Gasteiger partial charge in [0.2, 0.25) is 0 Å². The van der Waals surface area contributed by atoms with Crippen LogP contribution in [-0.2, 0) is 0 Å². The Morgan fingerprint density at radius 2 is 1.78 bits per heavy atom. The summed E-state index contributed by atoms with van der Waals surface area (Å²) in [6.45, 7) is 5.16. The lowest BCUT2D eigenvalue weighted by Crippen LogP contribution is -2.11. The number of methoxy groups -OCH3 is 2. The third-order valence-corrected chi connectivity index (χ3v) is 5.04. The molecule has 0 aliphatic heterocycles. The highest BCUT2D eigenvalue weighted by molar-refractivity contribution is 6.50. The van der Waals surface area contributed by atoms with Gasteiger partial charge < -0.3 is 23.9 Å². The lowest BCUT2D eigenvalue weighted by molar-refractivity contribution is 0.272. The summed E-state index contributed by atoms with van der Waals surface area (Å²) in [4.78, 5) is 19.8. The van der Waals surface area contributed by atoms with Crippen molar-refractivity contribution in [1.29, 1.82) is 0 Å². The number of rotatable bonds is 10. The molecule has 0 fully saturated rings. The Kier molecular flexibility index (Phi) is 8.00. The fraction of sp³-hybridized carbons (Fsp3) is 0.333. The van der Waals surface area contributed by atoms with Crippen LogP contribution in [0.4, 0.5) is 0 Å². The van der Waals surface area contributed by atoms with E-state index in [1.165, 1.54) is 14.2 Å². The molecule has 0 aliphatic carbocycles. The Balaban J connectivity index is 1.97. The molecule has 0 saturated heterocycles. The van der Waals surface area contributed by atoms with Crippen LogP contribution >= 0.6 is 11.6 Å². The van der Waals surface area contributed by atoms with Gasteiger partial charge >= 0.3 is 0 Å². The molecule has 0 amide bonds. The van der Waals surface area contributed by atoms with E-state index in [-0.39, 0.29) is 16.4 Å². The van der Waals surface area contributed by atoms with Crippen LogP contribution in [-0.4, -0.2) is 37.4 Å². The van der Waals surface area contributed by atoms with Crippen LogP contribution in [0.5, 0.6) is 23.0 Å². The minimum Gasteiger partial charge on any atom is -0.493 e. The molecule has 170 valence electrons. The molecule has 0 unspecified atom stereocenters. The number of fused-ring (bicyclic) bond motifs is 1. The van der Waals surface area contributed by atoms with E-state index in [2.05, 4.69) is 16.9 Å². The van der Waals surface area contributed by atoms with Gasteiger partial charge in [0.25, 0.3) is 5.56 Å². The van der Waals surface area contributed by atoms with Crippen molar-refractivity contribution >= 4 is 33.6 Å². The molecule has 3 aromatic rings. The predicted octanol–water partition coefficient (Wildman–Crippen LogP) is 5.25. The average Bonchev–Trinajstić information content (AvgIpc) is 2.79. The molecular weight excluding hydrogens is 432 g/mol. The summed E-state index contributed by atoms with van der Waals surface area (Å²) in [6.07, 6.45) is 3.73. The fourth-order valence-corrected chi connectivity index (χ4v) is 3.34. The van der Waals surface area contributed by atoms with Gasteiger partial charge in [-0.15, -0.1) is 0 Å². The first-order valence-corrected chi connectivity index (χ1v) is 10.8. The van der Waals surface area contributed by atoms with Crippen molar-refractivity contribution in [3.8, 4) is 23.0 Å². The molecule has 0 aliphatic rings. The Morgan fingerprint density at radius 3 is 2.47 bits per heavy atom. The number of aromatic nitrogens is 2. The predicted molar refractivity (Wildman–Crippen MR) is 127 cm³/mol. The summed E-state index contributed by atoms with van der Waals surface area (Å²) in [7, 11) is 3.03. The van der Waals surface area contributed by atoms with Gasteiger partial charge in [-0.25, -0.2) is 4.98 Å². The summed E-state index contributed by atoms with van der Waals surface area (Å²) >= 11 is 6.52. The number of nitrogens with one attached hydrogen (secondary N) is 1. The maximum absolute atomic E-state index is 12.6. The fourth-order valence-electron chi connectivity index (χ4n) is 3.12. The third kappa shape index (κ3) is 5.34. The van der Waals surface area contributed by atoms with E-state index < -0.39 is 0 Å². The number of benzene rings is 2. The monoisotopic (exact) mass is 458 g/mol. The van der Waals surface area contributed by atoms with Crippen LogP contribution in [0.2, 0.25) is 0 Å². The second-order valence-electron chi connectivity index (χ2n) is 6.97. The van der Waals surface area contributed by atoms with E-state index in [1.54, 1.807) is 18.2 Å². The standard InChI is InChI=1S/C24H27ClN2O5/c1-5-7-10-32-19-9-8-15(12-22(19)31-6-2)11-17(25)23-26-18-14-21(30-4)20(29-3)13-16(18)24(28)27-23/h8-9,11-14H,5-7,10H2,1-4H3,(H,26,27,28)/b17-11-. The summed E-state index contributed by atoms with van der Waals surface area (Å²) in [5, 5.41) is 0.656. The number of nitrogens with zero attached hydrogens (tertiary/aromatic N) is 1. The van der Waals surface area contributed by atoms with Gasteiger partial charge in [-0.1, -0.05) is 31.0 Å². The normalized spacial score (nSPS) is 11.5. The first-order valence-electron chi connectivity index (χ1n) is 10.4. The molecule has 0 atom stereocenters. The van der Waals surface area contributed by atoms with E-state index in [4.69, 9.17) is 30.5 Å². The van der Waals surface area contributed by atoms with Crippen LogP contribution in [0, 0.1) is 0 Å². The number of ether oxygens (including phenoxy) is 4. The molecule has 7 nitrogen and oxygen atoms in total. The maximum atomic E-state index is 12.6. The topological polar surface area (TPSA) is 82.7 Å². The van der Waals surface area contributed by atoms with Crippen LogP contribution in [0.25, 0.3) is 22.0 Å². The quantitative estimate of drug-likeness (QED) is 0.417. The molecule has 0 radical (unpaired) electrons. The van der Waals surface area contributed by atoms with Crippen molar-refractivity contribution in [2.45, 2.75) is 26.7 Å². The van der Waals surface area contributed by atoms with Crippen molar-refractivity contribution < 1.29 is 18.9 Å². The largest absolute Gasteiger partial charge is 0.493 e. The molecular formula is C24H27ClN2O5. The highest BCUT2D eigenvalue weighted by atomic mass is 35.5. The first kappa shape index (κ1) is 23.5. The Morgan fingerprint density at radius 1 is 1.03 bits per heavy atom. The van der Waals surface area contributed by atoms with Gasteiger partial charge in [-0.05, 0) is 43.2 Å². The number of hydrogen-bond donors (Lipinski definition) is 1. The highest BCUT2D eigenvalue weighted by Crippen LogP contribution is 2.32. The van der Waals surface area contributed by atoms with E-state index in [0.29, 0.717) is 47.1 Å². The average molecular weight is 459 g/mol. The highest BCUT2D eigenvalue weighted by Gasteiger charge is 2.13. The lowest BCUT2D eigenvalue weighted by atomic mass is 10.1. The number of H-pyrrole nitrogens is 1. The number of halogens is 1. The van der Waals surface area contributed by atoms with Crippen molar-refractivity contribution in [2.24, 2.45) is 0 Å². The number of hydrogen-bond acceptors (Lipinski definition) is 6. The Bertz CT molecular complexity index is 1170. The molecule has 8 heteroatoms. The Hall–Kier alpha value is -3.19. The summed E-state index contributed by atoms with van der Waals surface area (Å²) in [5.74, 6) is 2.50. The lowest BCUT2D eigenvalue weighted by Gasteiger charge is -2.12.